The van der Waals surface area contributed by atoms with Crippen molar-refractivity contribution in [2.45, 2.75) is 77.6 Å². The SMILES string of the molecule is CCCCCC[C@@H]1CCC[C@@H](OC(C)=O)O1. The molecule has 0 N–H and O–H groups in total. The summed E-state index contributed by atoms with van der Waals surface area (Å²) in [5.41, 5.74) is 0. The van der Waals surface area contributed by atoms with Crippen LogP contribution in [0.3, 0.4) is 0 Å². The summed E-state index contributed by atoms with van der Waals surface area (Å²) in [6.45, 7) is 3.65. The van der Waals surface area contributed by atoms with E-state index in [2.05, 4.69) is 6.92 Å². The first-order valence-electron chi connectivity index (χ1n) is 6.55. The first-order valence-corrected chi connectivity index (χ1v) is 6.55. The zero-order valence-electron chi connectivity index (χ0n) is 10.5. The van der Waals surface area contributed by atoms with Gasteiger partial charge in [0, 0.05) is 13.3 Å². The average Bonchev–Trinajstić information content (AvgIpc) is 2.24. The van der Waals surface area contributed by atoms with E-state index in [1.54, 1.807) is 0 Å². The fraction of sp³-hybridized carbons (Fsp3) is 0.923. The number of unbranched alkanes of at least 4 members (excludes halogenated alkanes) is 3. The van der Waals surface area contributed by atoms with Crippen LogP contribution in [0.4, 0.5) is 0 Å². The maximum Gasteiger partial charge on any atom is 0.304 e. The first kappa shape index (κ1) is 13.5. The number of hydrogen-bond acceptors (Lipinski definition) is 3. The first-order chi connectivity index (χ1) is 7.72. The number of esters is 1. The van der Waals surface area contributed by atoms with E-state index in [1.807, 2.05) is 0 Å². The summed E-state index contributed by atoms with van der Waals surface area (Å²) < 4.78 is 10.8. The molecule has 0 aromatic rings. The molecule has 94 valence electrons. The maximum absolute atomic E-state index is 10.8. The van der Waals surface area contributed by atoms with Crippen molar-refractivity contribution < 1.29 is 14.3 Å². The third kappa shape index (κ3) is 5.50. The van der Waals surface area contributed by atoms with Gasteiger partial charge in [0.25, 0.3) is 0 Å². The van der Waals surface area contributed by atoms with Crippen LogP contribution in [0.2, 0.25) is 0 Å². The van der Waals surface area contributed by atoms with Crippen molar-refractivity contribution in [3.8, 4) is 0 Å². The summed E-state index contributed by atoms with van der Waals surface area (Å²) in [5.74, 6) is -0.239. The lowest BCUT2D eigenvalue weighted by Gasteiger charge is -2.29. The van der Waals surface area contributed by atoms with Crippen molar-refractivity contribution in [1.29, 1.82) is 0 Å². The Morgan fingerprint density at radius 3 is 2.81 bits per heavy atom. The normalized spacial score (nSPS) is 25.4. The van der Waals surface area contributed by atoms with Gasteiger partial charge in [-0.1, -0.05) is 32.6 Å². The topological polar surface area (TPSA) is 35.5 Å². The Hall–Kier alpha value is -0.570. The predicted molar refractivity (Wildman–Crippen MR) is 63.0 cm³/mol. The van der Waals surface area contributed by atoms with Crippen LogP contribution in [0.1, 0.15) is 65.2 Å². The van der Waals surface area contributed by atoms with Crippen molar-refractivity contribution in [3.63, 3.8) is 0 Å². The highest BCUT2D eigenvalue weighted by atomic mass is 16.7. The Balaban J connectivity index is 2.14. The molecular weight excluding hydrogens is 204 g/mol. The summed E-state index contributed by atoms with van der Waals surface area (Å²) in [4.78, 5) is 10.8. The molecule has 16 heavy (non-hydrogen) atoms. The minimum atomic E-state index is -0.289. The molecule has 0 saturated carbocycles. The maximum atomic E-state index is 10.8. The minimum absolute atomic E-state index is 0.239. The van der Waals surface area contributed by atoms with Gasteiger partial charge in [0.05, 0.1) is 6.10 Å². The molecule has 0 aromatic heterocycles. The second kappa shape index (κ2) is 7.66. The van der Waals surface area contributed by atoms with E-state index >= 15 is 0 Å². The molecule has 0 spiro atoms. The van der Waals surface area contributed by atoms with E-state index in [0.29, 0.717) is 6.10 Å². The third-order valence-corrected chi connectivity index (χ3v) is 2.99. The fourth-order valence-corrected chi connectivity index (χ4v) is 2.15. The van der Waals surface area contributed by atoms with Crippen LogP contribution in [0, 0.1) is 0 Å². The van der Waals surface area contributed by atoms with Gasteiger partial charge in [0.2, 0.25) is 6.29 Å². The lowest BCUT2D eigenvalue weighted by atomic mass is 10.0. The van der Waals surface area contributed by atoms with E-state index in [9.17, 15) is 4.79 Å². The molecule has 1 aliphatic heterocycles. The second-order valence-electron chi connectivity index (χ2n) is 4.58. The lowest BCUT2D eigenvalue weighted by Crippen LogP contribution is -2.30. The number of carbonyl (C=O) groups excluding carboxylic acids is 1. The van der Waals surface area contributed by atoms with Crippen molar-refractivity contribution in [2.75, 3.05) is 0 Å². The summed E-state index contributed by atoms with van der Waals surface area (Å²) in [7, 11) is 0. The third-order valence-electron chi connectivity index (χ3n) is 2.99. The Morgan fingerprint density at radius 2 is 2.12 bits per heavy atom. The van der Waals surface area contributed by atoms with Gasteiger partial charge in [0.15, 0.2) is 0 Å². The van der Waals surface area contributed by atoms with Gasteiger partial charge in [-0.25, -0.2) is 0 Å². The number of carbonyl (C=O) groups is 1. The summed E-state index contributed by atoms with van der Waals surface area (Å²) in [6.07, 6.45) is 9.28. The van der Waals surface area contributed by atoms with E-state index < -0.39 is 0 Å². The van der Waals surface area contributed by atoms with Crippen molar-refractivity contribution in [1.82, 2.24) is 0 Å². The summed E-state index contributed by atoms with van der Waals surface area (Å²) >= 11 is 0. The molecule has 0 bridgehead atoms. The van der Waals surface area contributed by atoms with E-state index in [0.717, 1.165) is 25.7 Å². The molecule has 3 heteroatoms. The van der Waals surface area contributed by atoms with Crippen LogP contribution in [-0.4, -0.2) is 18.4 Å². The van der Waals surface area contributed by atoms with Crippen molar-refractivity contribution in [2.24, 2.45) is 0 Å². The molecule has 3 nitrogen and oxygen atoms in total. The van der Waals surface area contributed by atoms with Crippen LogP contribution in [0.25, 0.3) is 0 Å². The standard InChI is InChI=1S/C13H24O3/c1-3-4-5-6-8-12-9-7-10-13(16-12)15-11(2)14/h12-13H,3-10H2,1-2H3/t12-,13+/m1/s1. The molecule has 0 unspecified atom stereocenters. The van der Waals surface area contributed by atoms with Gasteiger partial charge in [-0.2, -0.15) is 0 Å². The minimum Gasteiger partial charge on any atom is -0.436 e. The van der Waals surface area contributed by atoms with Crippen LogP contribution < -0.4 is 0 Å². The molecule has 0 radical (unpaired) electrons. The molecule has 1 aliphatic rings. The zero-order chi connectivity index (χ0) is 11.8. The van der Waals surface area contributed by atoms with Gasteiger partial charge in [0.1, 0.15) is 0 Å². The molecule has 0 aromatic carbocycles. The van der Waals surface area contributed by atoms with Crippen molar-refractivity contribution >= 4 is 5.97 Å². The largest absolute Gasteiger partial charge is 0.436 e. The Morgan fingerprint density at radius 1 is 1.31 bits per heavy atom. The van der Waals surface area contributed by atoms with Crippen LogP contribution in [0.5, 0.6) is 0 Å². The van der Waals surface area contributed by atoms with E-state index in [1.165, 1.54) is 32.6 Å². The highest BCUT2D eigenvalue weighted by Gasteiger charge is 2.23. The van der Waals surface area contributed by atoms with Crippen LogP contribution in [0.15, 0.2) is 0 Å². The molecule has 0 amide bonds. The summed E-state index contributed by atoms with van der Waals surface area (Å²) in [5, 5.41) is 0. The highest BCUT2D eigenvalue weighted by Crippen LogP contribution is 2.23. The zero-order valence-corrected chi connectivity index (χ0v) is 10.5. The molecule has 1 fully saturated rings. The quantitative estimate of drug-likeness (QED) is 0.516. The van der Waals surface area contributed by atoms with Crippen molar-refractivity contribution in [3.05, 3.63) is 0 Å². The van der Waals surface area contributed by atoms with E-state index in [-0.39, 0.29) is 12.3 Å². The molecular formula is C13H24O3. The summed E-state index contributed by atoms with van der Waals surface area (Å²) in [6, 6.07) is 0. The fourth-order valence-electron chi connectivity index (χ4n) is 2.15. The van der Waals surface area contributed by atoms with Gasteiger partial charge < -0.3 is 9.47 Å². The number of ether oxygens (including phenoxy) is 2. The lowest BCUT2D eigenvalue weighted by molar-refractivity contribution is -0.201. The van der Waals surface area contributed by atoms with Gasteiger partial charge in [-0.15, -0.1) is 0 Å². The smallest absolute Gasteiger partial charge is 0.304 e. The molecule has 1 rings (SSSR count). The Labute approximate surface area is 98.5 Å². The second-order valence-corrected chi connectivity index (χ2v) is 4.58. The molecule has 2 atom stereocenters. The van der Waals surface area contributed by atoms with Crippen LogP contribution >= 0.6 is 0 Å². The monoisotopic (exact) mass is 228 g/mol. The number of hydrogen-bond donors (Lipinski definition) is 0. The highest BCUT2D eigenvalue weighted by molar-refractivity contribution is 5.66. The molecule has 0 aliphatic carbocycles. The Bertz CT molecular complexity index is 203. The number of rotatable bonds is 6. The Kier molecular flexibility index (Phi) is 6.46. The predicted octanol–water partition coefficient (Wildman–Crippen LogP) is 3.42. The van der Waals surface area contributed by atoms with Gasteiger partial charge in [-0.05, 0) is 19.3 Å². The average molecular weight is 228 g/mol. The van der Waals surface area contributed by atoms with Gasteiger partial charge in [-0.3, -0.25) is 4.79 Å². The molecule has 1 heterocycles. The van der Waals surface area contributed by atoms with Crippen LogP contribution in [-0.2, 0) is 14.3 Å². The molecule has 1 saturated heterocycles. The van der Waals surface area contributed by atoms with E-state index in [4.69, 9.17) is 9.47 Å². The van der Waals surface area contributed by atoms with Gasteiger partial charge >= 0.3 is 5.97 Å².